The lowest BCUT2D eigenvalue weighted by Crippen LogP contribution is -2.54. The number of carbonyl (C=O) groups excluding carboxylic acids is 2. The zero-order valence-electron chi connectivity index (χ0n) is 16.6. The number of piperazine rings is 1. The van der Waals surface area contributed by atoms with Gasteiger partial charge in [-0.05, 0) is 37.7 Å². The molecule has 6 nitrogen and oxygen atoms in total. The molecule has 1 aromatic rings. The van der Waals surface area contributed by atoms with Crippen LogP contribution in [-0.4, -0.2) is 78.5 Å². The van der Waals surface area contributed by atoms with Crippen molar-refractivity contribution in [3.63, 3.8) is 0 Å². The summed E-state index contributed by atoms with van der Waals surface area (Å²) >= 11 is 0. The smallest absolute Gasteiger partial charge is 0.251 e. The number of carbonyl (C=O) groups is 2. The van der Waals surface area contributed by atoms with Crippen molar-refractivity contribution in [3.05, 3.63) is 35.9 Å². The summed E-state index contributed by atoms with van der Waals surface area (Å²) in [6.45, 7) is 5.18. The Bertz CT molecular complexity index is 661. The van der Waals surface area contributed by atoms with Crippen LogP contribution in [0.25, 0.3) is 0 Å². The Morgan fingerprint density at radius 3 is 2.21 bits per heavy atom. The molecule has 152 valence electrons. The summed E-state index contributed by atoms with van der Waals surface area (Å²) in [5.74, 6) is 0.334. The molecule has 28 heavy (non-hydrogen) atoms. The summed E-state index contributed by atoms with van der Waals surface area (Å²) in [5, 5.41) is 0. The fraction of sp³-hybridized carbons (Fsp3) is 0.636. The molecule has 0 spiro atoms. The highest BCUT2D eigenvalue weighted by Gasteiger charge is 2.36. The second kappa shape index (κ2) is 9.05. The molecule has 0 aromatic heterocycles. The van der Waals surface area contributed by atoms with E-state index in [1.165, 1.54) is 6.42 Å². The fourth-order valence-corrected chi connectivity index (χ4v) is 4.61. The third-order valence-corrected chi connectivity index (χ3v) is 6.21. The van der Waals surface area contributed by atoms with Crippen molar-refractivity contribution in [2.75, 3.05) is 45.9 Å². The number of likely N-dealkylation sites (tertiary alicyclic amines) is 1. The molecule has 0 saturated carbocycles. The number of rotatable bonds is 4. The van der Waals surface area contributed by atoms with Gasteiger partial charge < -0.3 is 14.5 Å². The molecule has 0 bridgehead atoms. The third-order valence-electron chi connectivity index (χ3n) is 6.21. The molecule has 0 N–H and O–H groups in total. The number of amides is 2. The number of hydrogen-bond donors (Lipinski definition) is 0. The molecule has 3 fully saturated rings. The summed E-state index contributed by atoms with van der Waals surface area (Å²) in [5.41, 5.74) is 1.05. The maximum atomic E-state index is 13.4. The van der Waals surface area contributed by atoms with Gasteiger partial charge in [0.05, 0.1) is 0 Å². The van der Waals surface area contributed by atoms with Crippen LogP contribution >= 0.6 is 0 Å². The third kappa shape index (κ3) is 4.23. The molecular weight excluding hydrogens is 354 g/mol. The van der Waals surface area contributed by atoms with Gasteiger partial charge in [-0.3, -0.25) is 14.5 Å². The van der Waals surface area contributed by atoms with Gasteiger partial charge in [0.15, 0.2) is 0 Å². The van der Waals surface area contributed by atoms with Crippen LogP contribution < -0.4 is 0 Å². The van der Waals surface area contributed by atoms with Gasteiger partial charge in [0.1, 0.15) is 12.1 Å². The predicted octanol–water partition coefficient (Wildman–Crippen LogP) is 2.06. The summed E-state index contributed by atoms with van der Waals surface area (Å²) in [6.07, 6.45) is 4.94. The summed E-state index contributed by atoms with van der Waals surface area (Å²) < 4.78 is 5.56. The molecule has 0 aliphatic carbocycles. The van der Waals surface area contributed by atoms with Crippen molar-refractivity contribution in [2.45, 2.75) is 44.2 Å². The van der Waals surface area contributed by atoms with Crippen LogP contribution in [0.5, 0.6) is 0 Å². The molecule has 6 heteroatoms. The molecule has 3 aliphatic heterocycles. The standard InChI is InChI=1S/C22H31N3O3/c26-21(19-10-7-17-28-19)25-15-13-23(14-16-25)20(18-8-3-1-4-9-18)22(27)24-11-5-2-6-12-24/h1,3-4,8-9,19-20H,2,5-7,10-17H2/t19-,20-/m1/s1. The van der Waals surface area contributed by atoms with Crippen molar-refractivity contribution in [3.8, 4) is 0 Å². The lowest BCUT2D eigenvalue weighted by atomic mass is 10.0. The Hall–Kier alpha value is -1.92. The van der Waals surface area contributed by atoms with Gasteiger partial charge in [-0.25, -0.2) is 0 Å². The van der Waals surface area contributed by atoms with Crippen LogP contribution in [0.2, 0.25) is 0 Å². The first-order valence-corrected chi connectivity index (χ1v) is 10.7. The first-order valence-electron chi connectivity index (χ1n) is 10.7. The van der Waals surface area contributed by atoms with Crippen LogP contribution in [0, 0.1) is 0 Å². The van der Waals surface area contributed by atoms with Crippen molar-refractivity contribution < 1.29 is 14.3 Å². The van der Waals surface area contributed by atoms with Crippen LogP contribution in [0.1, 0.15) is 43.7 Å². The quantitative estimate of drug-likeness (QED) is 0.796. The van der Waals surface area contributed by atoms with E-state index in [0.717, 1.165) is 57.4 Å². The summed E-state index contributed by atoms with van der Waals surface area (Å²) in [6, 6.07) is 9.85. The van der Waals surface area contributed by atoms with Gasteiger partial charge in [-0.2, -0.15) is 0 Å². The van der Waals surface area contributed by atoms with E-state index in [9.17, 15) is 9.59 Å². The molecule has 3 aliphatic rings. The highest BCUT2D eigenvalue weighted by atomic mass is 16.5. The molecular formula is C22H31N3O3. The van der Waals surface area contributed by atoms with Crippen molar-refractivity contribution in [2.24, 2.45) is 0 Å². The highest BCUT2D eigenvalue weighted by Crippen LogP contribution is 2.27. The van der Waals surface area contributed by atoms with Crippen LogP contribution in [0.3, 0.4) is 0 Å². The maximum Gasteiger partial charge on any atom is 0.251 e. The van der Waals surface area contributed by atoms with E-state index in [2.05, 4.69) is 17.0 Å². The number of nitrogens with zero attached hydrogens (tertiary/aromatic N) is 3. The van der Waals surface area contributed by atoms with Gasteiger partial charge in [0.25, 0.3) is 5.91 Å². The second-order valence-electron chi connectivity index (χ2n) is 8.06. The zero-order chi connectivity index (χ0) is 19.3. The molecule has 2 amide bonds. The topological polar surface area (TPSA) is 53.1 Å². The lowest BCUT2D eigenvalue weighted by Gasteiger charge is -2.41. The number of benzene rings is 1. The highest BCUT2D eigenvalue weighted by molar-refractivity contribution is 5.84. The Balaban J connectivity index is 1.45. The Morgan fingerprint density at radius 2 is 1.57 bits per heavy atom. The number of piperidine rings is 1. The predicted molar refractivity (Wildman–Crippen MR) is 107 cm³/mol. The number of hydrogen-bond acceptors (Lipinski definition) is 4. The van der Waals surface area contributed by atoms with E-state index in [4.69, 9.17) is 4.74 Å². The molecule has 3 heterocycles. The average Bonchev–Trinajstić information content (AvgIpc) is 3.30. The monoisotopic (exact) mass is 385 g/mol. The van der Waals surface area contributed by atoms with Gasteiger partial charge in [0, 0.05) is 45.9 Å². The lowest BCUT2D eigenvalue weighted by molar-refractivity contribution is -0.145. The zero-order valence-corrected chi connectivity index (χ0v) is 16.6. The van der Waals surface area contributed by atoms with E-state index >= 15 is 0 Å². The van der Waals surface area contributed by atoms with Gasteiger partial charge in [0.2, 0.25) is 5.91 Å². The molecule has 0 radical (unpaired) electrons. The normalized spacial score (nSPS) is 24.9. The molecule has 1 aromatic carbocycles. The van der Waals surface area contributed by atoms with E-state index in [0.29, 0.717) is 19.7 Å². The molecule has 2 atom stereocenters. The van der Waals surface area contributed by atoms with Crippen molar-refractivity contribution in [1.82, 2.24) is 14.7 Å². The van der Waals surface area contributed by atoms with Crippen molar-refractivity contribution >= 4 is 11.8 Å². The van der Waals surface area contributed by atoms with Gasteiger partial charge in [-0.15, -0.1) is 0 Å². The van der Waals surface area contributed by atoms with Crippen molar-refractivity contribution in [1.29, 1.82) is 0 Å². The van der Waals surface area contributed by atoms with E-state index < -0.39 is 0 Å². The minimum atomic E-state index is -0.258. The minimum absolute atomic E-state index is 0.121. The maximum absolute atomic E-state index is 13.4. The van der Waals surface area contributed by atoms with E-state index in [-0.39, 0.29) is 24.0 Å². The van der Waals surface area contributed by atoms with Gasteiger partial charge in [-0.1, -0.05) is 30.3 Å². The second-order valence-corrected chi connectivity index (χ2v) is 8.06. The minimum Gasteiger partial charge on any atom is -0.368 e. The summed E-state index contributed by atoms with van der Waals surface area (Å²) in [4.78, 5) is 32.2. The first-order chi connectivity index (χ1) is 13.7. The van der Waals surface area contributed by atoms with E-state index in [1.807, 2.05) is 28.0 Å². The molecule has 0 unspecified atom stereocenters. The van der Waals surface area contributed by atoms with E-state index in [1.54, 1.807) is 0 Å². The fourth-order valence-electron chi connectivity index (χ4n) is 4.61. The molecule has 4 rings (SSSR count). The first kappa shape index (κ1) is 19.4. The SMILES string of the molecule is O=C([C@H]1CCCO1)N1CCN([C@@H](C(=O)N2CCCCC2)c2ccccc2)CC1. The largest absolute Gasteiger partial charge is 0.368 e. The number of ether oxygens (including phenoxy) is 1. The van der Waals surface area contributed by atoms with Crippen LogP contribution in [0.15, 0.2) is 30.3 Å². The average molecular weight is 386 g/mol. The Kier molecular flexibility index (Phi) is 6.27. The Morgan fingerprint density at radius 1 is 0.857 bits per heavy atom. The van der Waals surface area contributed by atoms with Gasteiger partial charge >= 0.3 is 0 Å². The van der Waals surface area contributed by atoms with Crippen LogP contribution in [-0.2, 0) is 14.3 Å². The molecule has 3 saturated heterocycles. The summed E-state index contributed by atoms with van der Waals surface area (Å²) in [7, 11) is 0. The Labute approximate surface area is 167 Å². The van der Waals surface area contributed by atoms with Crippen LogP contribution in [0.4, 0.5) is 0 Å².